The molecule has 19 heavy (non-hydrogen) atoms. The summed E-state index contributed by atoms with van der Waals surface area (Å²) in [6.07, 6.45) is 1.44. The van der Waals surface area contributed by atoms with Crippen LogP contribution in [0.25, 0.3) is 0 Å². The van der Waals surface area contributed by atoms with Crippen molar-refractivity contribution >= 4 is 11.8 Å². The smallest absolute Gasteiger partial charge is 0.348 e. The highest BCUT2D eigenvalue weighted by molar-refractivity contribution is 5.95. The predicted molar refractivity (Wildman–Crippen MR) is 73.2 cm³/mol. The van der Waals surface area contributed by atoms with E-state index in [0.29, 0.717) is 11.6 Å². The zero-order valence-electron chi connectivity index (χ0n) is 11.3. The Hall–Kier alpha value is -2.30. The molecule has 5 nitrogen and oxygen atoms in total. The summed E-state index contributed by atoms with van der Waals surface area (Å²) in [7, 11) is 0. The van der Waals surface area contributed by atoms with Crippen LogP contribution >= 0.6 is 0 Å². The lowest BCUT2D eigenvalue weighted by Crippen LogP contribution is -2.13. The standard InChI is InChI=1S/C14H17N3O2/c1-9(2)17-13(15)12(8-16-17)14(18)19-11-6-4-5-10(3)7-11/h4-9H,15H2,1-3H3. The van der Waals surface area contributed by atoms with Crippen LogP contribution in [-0.4, -0.2) is 15.7 Å². The maximum Gasteiger partial charge on any atom is 0.348 e. The number of carbonyl (C=O) groups excluding carboxylic acids is 1. The first-order valence-electron chi connectivity index (χ1n) is 6.11. The summed E-state index contributed by atoms with van der Waals surface area (Å²) >= 11 is 0. The van der Waals surface area contributed by atoms with Gasteiger partial charge in [0.15, 0.2) is 0 Å². The van der Waals surface area contributed by atoms with E-state index in [4.69, 9.17) is 10.5 Å². The molecule has 5 heteroatoms. The van der Waals surface area contributed by atoms with Crippen molar-refractivity contribution in [1.82, 2.24) is 9.78 Å². The number of rotatable bonds is 3. The van der Waals surface area contributed by atoms with Crippen molar-refractivity contribution in [2.24, 2.45) is 0 Å². The Balaban J connectivity index is 2.21. The minimum Gasteiger partial charge on any atom is -0.423 e. The first kappa shape index (κ1) is 13.1. The quantitative estimate of drug-likeness (QED) is 0.679. The molecule has 0 saturated carbocycles. The third-order valence-corrected chi connectivity index (χ3v) is 2.74. The van der Waals surface area contributed by atoms with Crippen molar-refractivity contribution < 1.29 is 9.53 Å². The molecule has 1 aromatic carbocycles. The van der Waals surface area contributed by atoms with Crippen LogP contribution in [0.15, 0.2) is 30.5 Å². The fraction of sp³-hybridized carbons (Fsp3) is 0.286. The SMILES string of the molecule is Cc1cccc(OC(=O)c2cnn(C(C)C)c2N)c1. The van der Waals surface area contributed by atoms with E-state index in [-0.39, 0.29) is 11.6 Å². The molecule has 0 bridgehead atoms. The number of hydrogen-bond acceptors (Lipinski definition) is 4. The molecule has 1 heterocycles. The number of carbonyl (C=O) groups is 1. The van der Waals surface area contributed by atoms with Crippen LogP contribution in [0.4, 0.5) is 5.82 Å². The van der Waals surface area contributed by atoms with Gasteiger partial charge in [0.25, 0.3) is 0 Å². The maximum atomic E-state index is 12.0. The van der Waals surface area contributed by atoms with Crippen LogP contribution in [0.3, 0.4) is 0 Å². The van der Waals surface area contributed by atoms with Crippen molar-refractivity contribution in [3.8, 4) is 5.75 Å². The van der Waals surface area contributed by atoms with Crippen molar-refractivity contribution in [1.29, 1.82) is 0 Å². The Bertz CT molecular complexity index is 602. The second kappa shape index (κ2) is 5.14. The maximum absolute atomic E-state index is 12.0. The van der Waals surface area contributed by atoms with Crippen LogP contribution in [0.1, 0.15) is 35.8 Å². The first-order chi connectivity index (χ1) is 8.99. The van der Waals surface area contributed by atoms with Crippen LogP contribution in [-0.2, 0) is 0 Å². The lowest BCUT2D eigenvalue weighted by molar-refractivity contribution is 0.0736. The number of nitrogens with two attached hydrogens (primary N) is 1. The van der Waals surface area contributed by atoms with Crippen LogP contribution in [0.5, 0.6) is 5.75 Å². The lowest BCUT2D eigenvalue weighted by Gasteiger charge is -2.08. The van der Waals surface area contributed by atoms with E-state index in [0.717, 1.165) is 5.56 Å². The Labute approximate surface area is 112 Å². The molecule has 0 aliphatic carbocycles. The molecule has 0 aliphatic rings. The largest absolute Gasteiger partial charge is 0.423 e. The topological polar surface area (TPSA) is 70.1 Å². The summed E-state index contributed by atoms with van der Waals surface area (Å²) in [5.74, 6) is 0.337. The van der Waals surface area contributed by atoms with Crippen molar-refractivity contribution in [3.05, 3.63) is 41.6 Å². The summed E-state index contributed by atoms with van der Waals surface area (Å²) in [5.41, 5.74) is 7.20. The highest BCUT2D eigenvalue weighted by Gasteiger charge is 2.18. The average Bonchev–Trinajstić information content (AvgIpc) is 2.71. The predicted octanol–water partition coefficient (Wildman–Crippen LogP) is 2.57. The molecule has 2 N–H and O–H groups in total. The number of aromatic nitrogens is 2. The van der Waals surface area contributed by atoms with Crippen molar-refractivity contribution in [2.75, 3.05) is 5.73 Å². The highest BCUT2D eigenvalue weighted by atomic mass is 16.5. The summed E-state index contributed by atoms with van der Waals surface area (Å²) < 4.78 is 6.87. The monoisotopic (exact) mass is 259 g/mol. The third-order valence-electron chi connectivity index (χ3n) is 2.74. The number of esters is 1. The minimum absolute atomic E-state index is 0.0977. The van der Waals surface area contributed by atoms with Gasteiger partial charge in [-0.1, -0.05) is 12.1 Å². The van der Waals surface area contributed by atoms with Gasteiger partial charge in [-0.15, -0.1) is 0 Å². The van der Waals surface area contributed by atoms with E-state index < -0.39 is 5.97 Å². The highest BCUT2D eigenvalue weighted by Crippen LogP contribution is 2.19. The van der Waals surface area contributed by atoms with E-state index in [1.54, 1.807) is 16.8 Å². The fourth-order valence-corrected chi connectivity index (χ4v) is 1.78. The second-order valence-corrected chi connectivity index (χ2v) is 4.69. The number of benzene rings is 1. The average molecular weight is 259 g/mol. The molecule has 2 rings (SSSR count). The summed E-state index contributed by atoms with van der Waals surface area (Å²) in [5, 5.41) is 4.09. The second-order valence-electron chi connectivity index (χ2n) is 4.69. The molecule has 0 spiro atoms. The number of nitrogens with zero attached hydrogens (tertiary/aromatic N) is 2. The van der Waals surface area contributed by atoms with Gasteiger partial charge < -0.3 is 10.5 Å². The number of aryl methyl sites for hydroxylation is 1. The zero-order valence-corrected chi connectivity index (χ0v) is 11.3. The molecule has 100 valence electrons. The van der Waals surface area contributed by atoms with E-state index in [9.17, 15) is 4.79 Å². The Morgan fingerprint density at radius 1 is 1.42 bits per heavy atom. The Morgan fingerprint density at radius 2 is 2.16 bits per heavy atom. The molecule has 0 fully saturated rings. The summed E-state index contributed by atoms with van der Waals surface area (Å²) in [6, 6.07) is 7.39. The molecule has 0 atom stereocenters. The van der Waals surface area contributed by atoms with Crippen LogP contribution in [0.2, 0.25) is 0 Å². The van der Waals surface area contributed by atoms with Crippen LogP contribution in [0, 0.1) is 6.92 Å². The van der Waals surface area contributed by atoms with Crippen LogP contribution < -0.4 is 10.5 Å². The molecule has 0 amide bonds. The van der Waals surface area contributed by atoms with Gasteiger partial charge >= 0.3 is 5.97 Å². The van der Waals surface area contributed by atoms with Gasteiger partial charge in [0, 0.05) is 6.04 Å². The number of anilines is 1. The fourth-order valence-electron chi connectivity index (χ4n) is 1.78. The molecular weight excluding hydrogens is 242 g/mol. The van der Waals surface area contributed by atoms with Crippen molar-refractivity contribution in [3.63, 3.8) is 0 Å². The lowest BCUT2D eigenvalue weighted by atomic mass is 10.2. The van der Waals surface area contributed by atoms with Gasteiger partial charge in [0.05, 0.1) is 6.20 Å². The molecule has 0 radical (unpaired) electrons. The zero-order chi connectivity index (χ0) is 14.0. The molecule has 1 aromatic heterocycles. The Morgan fingerprint density at radius 3 is 2.74 bits per heavy atom. The molecule has 2 aromatic rings. The summed E-state index contributed by atoms with van der Waals surface area (Å²) in [4.78, 5) is 12.0. The minimum atomic E-state index is -0.491. The molecular formula is C14H17N3O2. The number of hydrogen-bond donors (Lipinski definition) is 1. The third kappa shape index (κ3) is 2.76. The number of nitrogen functional groups attached to an aromatic ring is 1. The van der Waals surface area contributed by atoms with E-state index in [2.05, 4.69) is 5.10 Å². The molecule has 0 aliphatic heterocycles. The van der Waals surface area contributed by atoms with Gasteiger partial charge in [0.2, 0.25) is 0 Å². The normalized spacial score (nSPS) is 10.7. The van der Waals surface area contributed by atoms with Crippen molar-refractivity contribution in [2.45, 2.75) is 26.8 Å². The van der Waals surface area contributed by atoms with Gasteiger partial charge in [-0.2, -0.15) is 5.10 Å². The number of ether oxygens (including phenoxy) is 1. The van der Waals surface area contributed by atoms with E-state index >= 15 is 0 Å². The van der Waals surface area contributed by atoms with Gasteiger partial charge in [-0.05, 0) is 38.5 Å². The first-order valence-corrected chi connectivity index (χ1v) is 6.11. The van der Waals surface area contributed by atoms with Gasteiger partial charge in [-0.3, -0.25) is 0 Å². The van der Waals surface area contributed by atoms with E-state index in [1.807, 2.05) is 32.9 Å². The Kier molecular flexibility index (Phi) is 3.55. The van der Waals surface area contributed by atoms with Gasteiger partial charge in [-0.25, -0.2) is 9.48 Å². The van der Waals surface area contributed by atoms with Gasteiger partial charge in [0.1, 0.15) is 17.1 Å². The van der Waals surface area contributed by atoms with E-state index in [1.165, 1.54) is 6.20 Å². The molecule has 0 saturated heterocycles. The summed E-state index contributed by atoms with van der Waals surface area (Å²) in [6.45, 7) is 5.82. The molecule has 0 unspecified atom stereocenters.